The standard InChI is InChI=1S/C19H17ClN4O2/c1-26-15-8-6-13(7-9-15)10-21-19-22-11-14(12-23-19)18(25)24-17-5-3-2-4-16(17)20/h2-9,11-12H,10H2,1H3,(H,24,25)(H,21,22,23). The molecule has 1 amide bonds. The van der Waals surface area contributed by atoms with Crippen LogP contribution in [-0.2, 0) is 6.54 Å². The van der Waals surface area contributed by atoms with Gasteiger partial charge in [-0.05, 0) is 29.8 Å². The first-order chi connectivity index (χ1) is 12.7. The first-order valence-corrected chi connectivity index (χ1v) is 8.28. The summed E-state index contributed by atoms with van der Waals surface area (Å²) >= 11 is 6.04. The van der Waals surface area contributed by atoms with Crippen molar-refractivity contribution < 1.29 is 9.53 Å². The smallest absolute Gasteiger partial charge is 0.258 e. The van der Waals surface area contributed by atoms with Crippen LogP contribution in [0.25, 0.3) is 0 Å². The van der Waals surface area contributed by atoms with E-state index in [1.807, 2.05) is 24.3 Å². The van der Waals surface area contributed by atoms with Crippen LogP contribution in [0, 0.1) is 0 Å². The molecule has 0 saturated carbocycles. The number of carbonyl (C=O) groups excluding carboxylic acids is 1. The molecule has 6 nitrogen and oxygen atoms in total. The lowest BCUT2D eigenvalue weighted by Crippen LogP contribution is -2.13. The minimum absolute atomic E-state index is 0.320. The molecule has 0 aliphatic heterocycles. The maximum atomic E-state index is 12.2. The fourth-order valence-electron chi connectivity index (χ4n) is 2.22. The number of amides is 1. The minimum atomic E-state index is -0.320. The molecule has 0 bridgehead atoms. The van der Waals surface area contributed by atoms with Crippen LogP contribution in [0.5, 0.6) is 5.75 Å². The van der Waals surface area contributed by atoms with Crippen molar-refractivity contribution in [1.82, 2.24) is 9.97 Å². The third-order valence-electron chi connectivity index (χ3n) is 3.65. The van der Waals surface area contributed by atoms with Crippen molar-refractivity contribution in [1.29, 1.82) is 0 Å². The third-order valence-corrected chi connectivity index (χ3v) is 3.98. The van der Waals surface area contributed by atoms with Gasteiger partial charge < -0.3 is 15.4 Å². The molecule has 0 fully saturated rings. The topological polar surface area (TPSA) is 76.1 Å². The fraction of sp³-hybridized carbons (Fsp3) is 0.105. The first kappa shape index (κ1) is 17.7. The lowest BCUT2D eigenvalue weighted by Gasteiger charge is -2.08. The molecule has 0 atom stereocenters. The third kappa shape index (κ3) is 4.49. The van der Waals surface area contributed by atoms with Crippen molar-refractivity contribution in [2.24, 2.45) is 0 Å². The van der Waals surface area contributed by atoms with Crippen molar-refractivity contribution in [2.75, 3.05) is 17.7 Å². The van der Waals surface area contributed by atoms with Crippen molar-refractivity contribution in [3.8, 4) is 5.75 Å². The van der Waals surface area contributed by atoms with Gasteiger partial charge in [-0.1, -0.05) is 35.9 Å². The summed E-state index contributed by atoms with van der Waals surface area (Å²) in [5.41, 5.74) is 1.95. The number of rotatable bonds is 6. The van der Waals surface area contributed by atoms with E-state index in [4.69, 9.17) is 16.3 Å². The Balaban J connectivity index is 1.59. The van der Waals surface area contributed by atoms with Crippen LogP contribution in [0.15, 0.2) is 60.9 Å². The molecule has 1 aromatic heterocycles. The average Bonchev–Trinajstić information content (AvgIpc) is 2.69. The van der Waals surface area contributed by atoms with Gasteiger partial charge in [-0.3, -0.25) is 4.79 Å². The van der Waals surface area contributed by atoms with Crippen LogP contribution in [0.1, 0.15) is 15.9 Å². The molecule has 26 heavy (non-hydrogen) atoms. The number of anilines is 2. The fourth-order valence-corrected chi connectivity index (χ4v) is 2.40. The monoisotopic (exact) mass is 368 g/mol. The average molecular weight is 369 g/mol. The zero-order valence-electron chi connectivity index (χ0n) is 14.1. The van der Waals surface area contributed by atoms with E-state index in [2.05, 4.69) is 20.6 Å². The number of ether oxygens (including phenoxy) is 1. The number of para-hydroxylation sites is 1. The SMILES string of the molecule is COc1ccc(CNc2ncc(C(=O)Nc3ccccc3Cl)cn2)cc1. The highest BCUT2D eigenvalue weighted by Gasteiger charge is 2.09. The Morgan fingerprint density at radius 2 is 1.77 bits per heavy atom. The molecule has 2 aromatic carbocycles. The van der Waals surface area contributed by atoms with E-state index < -0.39 is 0 Å². The quantitative estimate of drug-likeness (QED) is 0.687. The number of carbonyl (C=O) groups is 1. The van der Waals surface area contributed by atoms with Crippen LogP contribution in [0.3, 0.4) is 0 Å². The largest absolute Gasteiger partial charge is 0.497 e. The molecule has 2 N–H and O–H groups in total. The van der Waals surface area contributed by atoms with Gasteiger partial charge in [-0.25, -0.2) is 9.97 Å². The molecule has 3 rings (SSSR count). The van der Waals surface area contributed by atoms with E-state index in [1.54, 1.807) is 31.4 Å². The molecule has 0 aliphatic carbocycles. The van der Waals surface area contributed by atoms with Crippen LogP contribution < -0.4 is 15.4 Å². The van der Waals surface area contributed by atoms with E-state index >= 15 is 0 Å². The summed E-state index contributed by atoms with van der Waals surface area (Å²) in [7, 11) is 1.63. The predicted molar refractivity (Wildman–Crippen MR) is 102 cm³/mol. The number of benzene rings is 2. The van der Waals surface area contributed by atoms with Crippen LogP contribution >= 0.6 is 11.6 Å². The van der Waals surface area contributed by atoms with E-state index in [1.165, 1.54) is 12.4 Å². The number of hydrogen-bond donors (Lipinski definition) is 2. The maximum Gasteiger partial charge on any atom is 0.258 e. The number of nitrogens with zero attached hydrogens (tertiary/aromatic N) is 2. The first-order valence-electron chi connectivity index (χ1n) is 7.90. The van der Waals surface area contributed by atoms with E-state index in [0.29, 0.717) is 28.8 Å². The Morgan fingerprint density at radius 3 is 2.42 bits per heavy atom. The number of methoxy groups -OCH3 is 1. The van der Waals surface area contributed by atoms with Gasteiger partial charge in [0, 0.05) is 18.9 Å². The van der Waals surface area contributed by atoms with Gasteiger partial charge >= 0.3 is 0 Å². The number of halogens is 1. The molecular formula is C19H17ClN4O2. The second-order valence-electron chi connectivity index (χ2n) is 5.43. The Bertz CT molecular complexity index is 883. The summed E-state index contributed by atoms with van der Waals surface area (Å²) in [6.07, 6.45) is 2.94. The molecular weight excluding hydrogens is 352 g/mol. The normalized spacial score (nSPS) is 10.2. The van der Waals surface area contributed by atoms with Crippen molar-refractivity contribution in [3.05, 3.63) is 77.1 Å². The summed E-state index contributed by atoms with van der Waals surface area (Å²) in [4.78, 5) is 20.6. The highest BCUT2D eigenvalue weighted by atomic mass is 35.5. The van der Waals surface area contributed by atoms with Crippen molar-refractivity contribution in [2.45, 2.75) is 6.54 Å². The molecule has 0 aliphatic rings. The van der Waals surface area contributed by atoms with Gasteiger partial charge in [0.25, 0.3) is 5.91 Å². The van der Waals surface area contributed by atoms with Crippen LogP contribution in [0.2, 0.25) is 5.02 Å². The van der Waals surface area contributed by atoms with Crippen LogP contribution in [-0.4, -0.2) is 23.0 Å². The summed E-state index contributed by atoms with van der Waals surface area (Å²) in [5, 5.41) is 6.31. The summed E-state index contributed by atoms with van der Waals surface area (Å²) in [6.45, 7) is 0.565. The Kier molecular flexibility index (Phi) is 5.66. The van der Waals surface area contributed by atoms with Gasteiger partial charge in [0.2, 0.25) is 5.95 Å². The van der Waals surface area contributed by atoms with Gasteiger partial charge in [0.15, 0.2) is 0 Å². The van der Waals surface area contributed by atoms with E-state index in [0.717, 1.165) is 11.3 Å². The van der Waals surface area contributed by atoms with Gasteiger partial charge in [0.1, 0.15) is 5.75 Å². The minimum Gasteiger partial charge on any atom is -0.497 e. The lowest BCUT2D eigenvalue weighted by molar-refractivity contribution is 0.102. The van der Waals surface area contributed by atoms with Gasteiger partial charge in [0.05, 0.1) is 23.4 Å². The molecule has 0 saturated heterocycles. The van der Waals surface area contributed by atoms with Crippen molar-refractivity contribution in [3.63, 3.8) is 0 Å². The summed E-state index contributed by atoms with van der Waals surface area (Å²) < 4.78 is 5.13. The lowest BCUT2D eigenvalue weighted by atomic mass is 10.2. The predicted octanol–water partition coefficient (Wildman–Crippen LogP) is 4.00. The van der Waals surface area contributed by atoms with Crippen molar-refractivity contribution >= 4 is 29.1 Å². The molecule has 0 unspecified atom stereocenters. The summed E-state index contributed by atoms with van der Waals surface area (Å²) in [6, 6.07) is 14.7. The molecule has 0 radical (unpaired) electrons. The molecule has 1 heterocycles. The molecule has 3 aromatic rings. The van der Waals surface area contributed by atoms with Crippen LogP contribution in [0.4, 0.5) is 11.6 Å². The Morgan fingerprint density at radius 1 is 1.08 bits per heavy atom. The number of nitrogens with one attached hydrogen (secondary N) is 2. The van der Waals surface area contributed by atoms with Gasteiger partial charge in [-0.2, -0.15) is 0 Å². The Hall–Kier alpha value is -3.12. The second-order valence-corrected chi connectivity index (χ2v) is 5.84. The second kappa shape index (κ2) is 8.31. The highest BCUT2D eigenvalue weighted by Crippen LogP contribution is 2.21. The van der Waals surface area contributed by atoms with E-state index in [-0.39, 0.29) is 5.91 Å². The number of hydrogen-bond acceptors (Lipinski definition) is 5. The molecule has 7 heteroatoms. The molecule has 0 spiro atoms. The summed E-state index contributed by atoms with van der Waals surface area (Å²) in [5.74, 6) is 0.925. The van der Waals surface area contributed by atoms with E-state index in [9.17, 15) is 4.79 Å². The Labute approximate surface area is 156 Å². The maximum absolute atomic E-state index is 12.2. The zero-order valence-corrected chi connectivity index (χ0v) is 14.8. The molecule has 132 valence electrons. The number of aromatic nitrogens is 2. The van der Waals surface area contributed by atoms with Gasteiger partial charge in [-0.15, -0.1) is 0 Å². The highest BCUT2D eigenvalue weighted by molar-refractivity contribution is 6.33. The zero-order chi connectivity index (χ0) is 18.4.